The smallest absolute Gasteiger partial charge is 0.268 e. The van der Waals surface area contributed by atoms with E-state index in [1.54, 1.807) is 0 Å². The summed E-state index contributed by atoms with van der Waals surface area (Å²) >= 11 is 0. The van der Waals surface area contributed by atoms with Crippen LogP contribution in [0.1, 0.15) is 19.8 Å². The van der Waals surface area contributed by atoms with E-state index in [2.05, 4.69) is 5.32 Å². The summed E-state index contributed by atoms with van der Waals surface area (Å²) in [7, 11) is 0. The molecule has 5 heteroatoms. The Morgan fingerprint density at radius 3 is 2.38 bits per heavy atom. The third-order valence-corrected chi connectivity index (χ3v) is 1.86. The van der Waals surface area contributed by atoms with Crippen LogP contribution in [0.15, 0.2) is 0 Å². The molecule has 1 N–H and O–H groups in total. The van der Waals surface area contributed by atoms with Crippen LogP contribution in [-0.2, 0) is 4.74 Å². The van der Waals surface area contributed by atoms with E-state index in [1.807, 2.05) is 0 Å². The van der Waals surface area contributed by atoms with Crippen LogP contribution in [0.2, 0.25) is 0 Å². The molecule has 0 unspecified atom stereocenters. The highest BCUT2D eigenvalue weighted by atomic mass is 35.5. The molecule has 2 nitrogen and oxygen atoms in total. The summed E-state index contributed by atoms with van der Waals surface area (Å²) in [5.74, 6) is -2.69. The van der Waals surface area contributed by atoms with Crippen molar-refractivity contribution in [3.05, 3.63) is 0 Å². The van der Waals surface area contributed by atoms with E-state index in [4.69, 9.17) is 4.74 Å². The summed E-state index contributed by atoms with van der Waals surface area (Å²) in [6.45, 7) is 2.19. The predicted octanol–water partition coefficient (Wildman–Crippen LogP) is 1.83. The van der Waals surface area contributed by atoms with Crippen molar-refractivity contribution in [2.75, 3.05) is 19.7 Å². The van der Waals surface area contributed by atoms with E-state index in [1.165, 1.54) is 0 Å². The van der Waals surface area contributed by atoms with E-state index >= 15 is 0 Å². The molecule has 0 atom stereocenters. The van der Waals surface area contributed by atoms with Gasteiger partial charge in [0.1, 0.15) is 6.61 Å². The second kappa shape index (κ2) is 5.73. The van der Waals surface area contributed by atoms with E-state index in [0.717, 1.165) is 32.9 Å². The Balaban J connectivity index is 0.00000144. The topological polar surface area (TPSA) is 21.3 Å². The fourth-order valence-electron chi connectivity index (χ4n) is 1.23. The molecule has 1 fully saturated rings. The van der Waals surface area contributed by atoms with Gasteiger partial charge < -0.3 is 10.1 Å². The van der Waals surface area contributed by atoms with Crippen molar-refractivity contribution in [1.29, 1.82) is 0 Å². The highest BCUT2D eigenvalue weighted by Gasteiger charge is 2.24. The van der Waals surface area contributed by atoms with Gasteiger partial charge in [-0.15, -0.1) is 12.4 Å². The molecule has 0 aromatic carbocycles. The molecule has 1 saturated heterocycles. The van der Waals surface area contributed by atoms with Gasteiger partial charge in [0.05, 0.1) is 6.10 Å². The molecule has 0 bridgehead atoms. The van der Waals surface area contributed by atoms with Crippen molar-refractivity contribution in [2.45, 2.75) is 31.8 Å². The molecular formula is C8H16ClF2NO. The number of rotatable bonds is 3. The number of piperidine rings is 1. The largest absolute Gasteiger partial charge is 0.372 e. The van der Waals surface area contributed by atoms with Crippen LogP contribution in [0.5, 0.6) is 0 Å². The summed E-state index contributed by atoms with van der Waals surface area (Å²) in [5.41, 5.74) is 0. The van der Waals surface area contributed by atoms with Gasteiger partial charge in [-0.1, -0.05) is 0 Å². The van der Waals surface area contributed by atoms with Gasteiger partial charge in [-0.05, 0) is 25.9 Å². The minimum absolute atomic E-state index is 0. The van der Waals surface area contributed by atoms with E-state index < -0.39 is 12.5 Å². The molecule has 0 amide bonds. The third-order valence-electron chi connectivity index (χ3n) is 1.86. The first-order valence-corrected chi connectivity index (χ1v) is 4.28. The van der Waals surface area contributed by atoms with Crippen LogP contribution in [0.25, 0.3) is 0 Å². The summed E-state index contributed by atoms with van der Waals surface area (Å²) in [6.07, 6.45) is 1.71. The molecule has 1 aliphatic rings. The lowest BCUT2D eigenvalue weighted by Crippen LogP contribution is -2.34. The summed E-state index contributed by atoms with van der Waals surface area (Å²) in [4.78, 5) is 0. The molecule has 0 aliphatic carbocycles. The second-order valence-corrected chi connectivity index (χ2v) is 3.33. The Kier molecular flexibility index (Phi) is 5.76. The molecule has 0 saturated carbocycles. The number of hydrogen-bond donors (Lipinski definition) is 1. The first kappa shape index (κ1) is 13.1. The van der Waals surface area contributed by atoms with Crippen LogP contribution in [0.4, 0.5) is 8.78 Å². The monoisotopic (exact) mass is 215 g/mol. The standard InChI is InChI=1S/C8H15F2NO.ClH/c1-8(9,10)6-12-7-2-4-11-5-3-7;/h7,11H,2-6H2,1H3;1H. The van der Waals surface area contributed by atoms with E-state index in [9.17, 15) is 8.78 Å². The molecule has 0 aromatic heterocycles. The van der Waals surface area contributed by atoms with Crippen LogP contribution in [0, 0.1) is 0 Å². The second-order valence-electron chi connectivity index (χ2n) is 3.33. The quantitative estimate of drug-likeness (QED) is 0.776. The summed E-state index contributed by atoms with van der Waals surface area (Å²) < 4.78 is 29.7. The molecule has 80 valence electrons. The Hall–Kier alpha value is 0.0700. The van der Waals surface area contributed by atoms with Gasteiger partial charge in [0.2, 0.25) is 0 Å². The maximum atomic E-state index is 12.3. The third kappa shape index (κ3) is 6.18. The lowest BCUT2D eigenvalue weighted by Gasteiger charge is -2.24. The molecule has 1 aliphatic heterocycles. The first-order chi connectivity index (χ1) is 5.58. The Bertz CT molecular complexity index is 135. The van der Waals surface area contributed by atoms with E-state index in [-0.39, 0.29) is 18.5 Å². The number of hydrogen-bond acceptors (Lipinski definition) is 2. The molecule has 0 radical (unpaired) electrons. The zero-order valence-electron chi connectivity index (χ0n) is 7.69. The van der Waals surface area contributed by atoms with Crippen molar-refractivity contribution in [3.63, 3.8) is 0 Å². The van der Waals surface area contributed by atoms with Crippen molar-refractivity contribution in [2.24, 2.45) is 0 Å². The molecular weight excluding hydrogens is 200 g/mol. The first-order valence-electron chi connectivity index (χ1n) is 4.28. The Labute approximate surface area is 83.4 Å². The fraction of sp³-hybridized carbons (Fsp3) is 1.00. The minimum Gasteiger partial charge on any atom is -0.372 e. The van der Waals surface area contributed by atoms with Gasteiger partial charge in [0.25, 0.3) is 5.92 Å². The molecule has 0 aromatic rings. The molecule has 1 heterocycles. The van der Waals surface area contributed by atoms with E-state index in [0.29, 0.717) is 0 Å². The van der Waals surface area contributed by atoms with Gasteiger partial charge in [-0.2, -0.15) is 0 Å². The number of ether oxygens (including phenoxy) is 1. The van der Waals surface area contributed by atoms with Gasteiger partial charge in [0, 0.05) is 6.92 Å². The predicted molar refractivity (Wildman–Crippen MR) is 49.7 cm³/mol. The van der Waals surface area contributed by atoms with Crippen LogP contribution in [-0.4, -0.2) is 31.7 Å². The van der Waals surface area contributed by atoms with Gasteiger partial charge in [-0.3, -0.25) is 0 Å². The zero-order chi connectivity index (χ0) is 9.03. The molecule has 1 rings (SSSR count). The van der Waals surface area contributed by atoms with Crippen molar-refractivity contribution >= 4 is 12.4 Å². The van der Waals surface area contributed by atoms with Crippen molar-refractivity contribution < 1.29 is 13.5 Å². The SMILES string of the molecule is CC(F)(F)COC1CCNCC1.Cl. The van der Waals surface area contributed by atoms with Crippen molar-refractivity contribution in [3.8, 4) is 0 Å². The van der Waals surface area contributed by atoms with Crippen LogP contribution in [0.3, 0.4) is 0 Å². The number of halogens is 3. The molecule has 13 heavy (non-hydrogen) atoms. The van der Waals surface area contributed by atoms with Crippen LogP contribution >= 0.6 is 12.4 Å². The zero-order valence-corrected chi connectivity index (χ0v) is 8.50. The fourth-order valence-corrected chi connectivity index (χ4v) is 1.23. The number of alkyl halides is 2. The Morgan fingerprint density at radius 2 is 1.92 bits per heavy atom. The number of nitrogens with one attached hydrogen (secondary N) is 1. The molecule has 0 spiro atoms. The average molecular weight is 216 g/mol. The van der Waals surface area contributed by atoms with Gasteiger partial charge in [-0.25, -0.2) is 8.78 Å². The van der Waals surface area contributed by atoms with Gasteiger partial charge in [0.15, 0.2) is 0 Å². The average Bonchev–Trinajstić information content (AvgIpc) is 2.02. The van der Waals surface area contributed by atoms with Crippen LogP contribution < -0.4 is 5.32 Å². The normalized spacial score (nSPS) is 19.6. The lowest BCUT2D eigenvalue weighted by atomic mass is 10.1. The van der Waals surface area contributed by atoms with Gasteiger partial charge >= 0.3 is 0 Å². The summed E-state index contributed by atoms with van der Waals surface area (Å²) in [5, 5.41) is 3.14. The van der Waals surface area contributed by atoms with Crippen molar-refractivity contribution in [1.82, 2.24) is 5.32 Å². The highest BCUT2D eigenvalue weighted by Crippen LogP contribution is 2.15. The Morgan fingerprint density at radius 1 is 1.38 bits per heavy atom. The highest BCUT2D eigenvalue weighted by molar-refractivity contribution is 5.85. The maximum Gasteiger partial charge on any atom is 0.268 e. The maximum absolute atomic E-state index is 12.3. The lowest BCUT2D eigenvalue weighted by molar-refractivity contribution is -0.0925. The minimum atomic E-state index is -2.69. The summed E-state index contributed by atoms with van der Waals surface area (Å²) in [6, 6.07) is 0.